The lowest BCUT2D eigenvalue weighted by molar-refractivity contribution is -0.161. The van der Waals surface area contributed by atoms with Crippen molar-refractivity contribution in [2.45, 2.75) is 39.2 Å². The molecule has 1 aromatic carbocycles. The fourth-order valence-electron chi connectivity index (χ4n) is 3.64. The van der Waals surface area contributed by atoms with Gasteiger partial charge in [0.2, 0.25) is 0 Å². The summed E-state index contributed by atoms with van der Waals surface area (Å²) in [5, 5.41) is 0. The Morgan fingerprint density at radius 1 is 1.30 bits per heavy atom. The lowest BCUT2D eigenvalue weighted by atomic mass is 9.75. The third kappa shape index (κ3) is 4.66. The second-order valence-electron chi connectivity index (χ2n) is 6.83. The van der Waals surface area contributed by atoms with Gasteiger partial charge in [-0.15, -0.1) is 0 Å². The number of hydrogen-bond donors (Lipinski definition) is 0. The van der Waals surface area contributed by atoms with Crippen LogP contribution in [0.3, 0.4) is 0 Å². The summed E-state index contributed by atoms with van der Waals surface area (Å²) >= 11 is 0. The van der Waals surface area contributed by atoms with E-state index in [1.807, 2.05) is 49.1 Å². The van der Waals surface area contributed by atoms with Crippen LogP contribution in [-0.4, -0.2) is 37.0 Å². The van der Waals surface area contributed by atoms with Crippen molar-refractivity contribution in [1.82, 2.24) is 4.90 Å². The average molecular weight is 371 g/mol. The normalized spacial score (nSPS) is 17.7. The van der Waals surface area contributed by atoms with Gasteiger partial charge in [0.25, 0.3) is 0 Å². The highest BCUT2D eigenvalue weighted by Crippen LogP contribution is 2.37. The molecule has 0 amide bonds. The van der Waals surface area contributed by atoms with Crippen LogP contribution in [0.15, 0.2) is 54.9 Å². The molecule has 0 aliphatic carbocycles. The number of esters is 1. The molecule has 1 heterocycles. The highest BCUT2D eigenvalue weighted by atomic mass is 16.5. The van der Waals surface area contributed by atoms with Crippen LogP contribution in [0, 0.1) is 5.41 Å². The maximum Gasteiger partial charge on any atom is 0.312 e. The van der Waals surface area contributed by atoms with Crippen LogP contribution in [-0.2, 0) is 19.1 Å². The quantitative estimate of drug-likeness (QED) is 0.510. The van der Waals surface area contributed by atoms with E-state index >= 15 is 0 Å². The van der Waals surface area contributed by atoms with E-state index in [-0.39, 0.29) is 24.2 Å². The topological polar surface area (TPSA) is 55.8 Å². The Morgan fingerprint density at radius 3 is 2.44 bits per heavy atom. The van der Waals surface area contributed by atoms with Crippen LogP contribution in [0.1, 0.15) is 44.7 Å². The van der Waals surface area contributed by atoms with E-state index in [1.54, 1.807) is 12.3 Å². The number of nitrogens with zero attached hydrogens (tertiary/aromatic N) is 1. The third-order valence-corrected chi connectivity index (χ3v) is 5.30. The Bertz CT molecular complexity index is 690. The summed E-state index contributed by atoms with van der Waals surface area (Å²) in [6, 6.07) is 9.89. The first kappa shape index (κ1) is 20.9. The number of allylic oxidation sites excluding steroid dienone is 2. The molecular weight excluding hydrogens is 342 g/mol. The van der Waals surface area contributed by atoms with Gasteiger partial charge in [-0.1, -0.05) is 43.0 Å². The molecule has 0 N–H and O–H groups in total. The molecule has 0 unspecified atom stereocenters. The Kier molecular flexibility index (Phi) is 7.36. The Morgan fingerprint density at radius 2 is 1.93 bits per heavy atom. The van der Waals surface area contributed by atoms with Crippen molar-refractivity contribution in [3.05, 3.63) is 60.4 Å². The smallest absolute Gasteiger partial charge is 0.312 e. The minimum atomic E-state index is -0.818. The summed E-state index contributed by atoms with van der Waals surface area (Å²) in [7, 11) is 1.37. The standard InChI is InChI=1S/C22H29NO4/c1-5-19(23(6-2)17(3)18-10-8-7-9-11-18)20(24)16-22(21(25)26-4)12-14-27-15-13-22/h5-11,17H,2,12-16H2,1,3-4H3/b19-5-/t17-/m1/s1. The largest absolute Gasteiger partial charge is 0.469 e. The maximum absolute atomic E-state index is 13.2. The fourth-order valence-corrected chi connectivity index (χ4v) is 3.64. The van der Waals surface area contributed by atoms with Crippen molar-refractivity contribution in [3.63, 3.8) is 0 Å². The molecule has 2 rings (SSSR count). The molecule has 5 heteroatoms. The first-order chi connectivity index (χ1) is 13.0. The number of Topliss-reactive ketones (excluding diaryl/α,β-unsaturated/α-hetero) is 1. The van der Waals surface area contributed by atoms with Crippen LogP contribution in [0.25, 0.3) is 0 Å². The summed E-state index contributed by atoms with van der Waals surface area (Å²) < 4.78 is 10.4. The van der Waals surface area contributed by atoms with E-state index in [0.717, 1.165) is 5.56 Å². The SMILES string of the molecule is C=CN(/C(=C\C)C(=O)CC1(C(=O)OC)CCOCC1)[C@H](C)c1ccccc1. The van der Waals surface area contributed by atoms with E-state index in [4.69, 9.17) is 9.47 Å². The molecule has 1 aliphatic heterocycles. The second kappa shape index (κ2) is 9.51. The van der Waals surface area contributed by atoms with E-state index in [2.05, 4.69) is 6.58 Å². The number of rotatable bonds is 8. The van der Waals surface area contributed by atoms with Crippen LogP contribution in [0.4, 0.5) is 0 Å². The highest BCUT2D eigenvalue weighted by molar-refractivity contribution is 5.98. The molecule has 5 nitrogen and oxygen atoms in total. The van der Waals surface area contributed by atoms with E-state index < -0.39 is 5.41 Å². The molecule has 0 saturated carbocycles. The first-order valence-electron chi connectivity index (χ1n) is 9.30. The van der Waals surface area contributed by atoms with Gasteiger partial charge in [-0.2, -0.15) is 0 Å². The summed E-state index contributed by atoms with van der Waals surface area (Å²) in [5.41, 5.74) is 0.802. The van der Waals surface area contributed by atoms with Crippen molar-refractivity contribution in [1.29, 1.82) is 0 Å². The third-order valence-electron chi connectivity index (χ3n) is 5.30. The Hall–Kier alpha value is -2.40. The fraction of sp³-hybridized carbons (Fsp3) is 0.455. The lowest BCUT2D eigenvalue weighted by Gasteiger charge is -2.35. The molecule has 1 aliphatic rings. The number of methoxy groups -OCH3 is 1. The number of hydrogen-bond acceptors (Lipinski definition) is 5. The molecule has 0 bridgehead atoms. The molecule has 1 saturated heterocycles. The first-order valence-corrected chi connectivity index (χ1v) is 9.30. The van der Waals surface area contributed by atoms with Gasteiger partial charge in [-0.3, -0.25) is 9.59 Å². The van der Waals surface area contributed by atoms with Gasteiger partial charge in [0.1, 0.15) is 0 Å². The molecule has 27 heavy (non-hydrogen) atoms. The van der Waals surface area contributed by atoms with Crippen molar-refractivity contribution >= 4 is 11.8 Å². The number of carbonyl (C=O) groups excluding carboxylic acids is 2. The molecular formula is C22H29NO4. The van der Waals surface area contributed by atoms with Gasteiger partial charge in [0.15, 0.2) is 5.78 Å². The minimum absolute atomic E-state index is 0.0531. The van der Waals surface area contributed by atoms with Gasteiger partial charge in [0.05, 0.1) is 24.3 Å². The van der Waals surface area contributed by atoms with Crippen LogP contribution in [0.2, 0.25) is 0 Å². The zero-order valence-corrected chi connectivity index (χ0v) is 16.4. The van der Waals surface area contributed by atoms with Crippen molar-refractivity contribution in [2.24, 2.45) is 5.41 Å². The van der Waals surface area contributed by atoms with Gasteiger partial charge in [-0.05, 0) is 38.5 Å². The van der Waals surface area contributed by atoms with Crippen LogP contribution < -0.4 is 0 Å². The van der Waals surface area contributed by atoms with Gasteiger partial charge in [-0.25, -0.2) is 0 Å². The highest BCUT2D eigenvalue weighted by Gasteiger charge is 2.43. The minimum Gasteiger partial charge on any atom is -0.469 e. The summed E-state index contributed by atoms with van der Waals surface area (Å²) in [6.45, 7) is 8.67. The van der Waals surface area contributed by atoms with E-state index in [0.29, 0.717) is 31.8 Å². The Labute approximate surface area is 161 Å². The molecule has 0 spiro atoms. The van der Waals surface area contributed by atoms with Crippen molar-refractivity contribution < 1.29 is 19.1 Å². The Balaban J connectivity index is 2.25. The molecule has 146 valence electrons. The molecule has 1 aromatic rings. The zero-order chi connectivity index (χ0) is 19.9. The van der Waals surface area contributed by atoms with Gasteiger partial charge < -0.3 is 14.4 Å². The summed E-state index contributed by atoms with van der Waals surface area (Å²) in [5.74, 6) is -0.427. The summed E-state index contributed by atoms with van der Waals surface area (Å²) in [4.78, 5) is 27.5. The number of carbonyl (C=O) groups is 2. The molecule has 1 atom stereocenters. The molecule has 0 radical (unpaired) electrons. The zero-order valence-electron chi connectivity index (χ0n) is 16.4. The molecule has 0 aromatic heterocycles. The van der Waals surface area contributed by atoms with Gasteiger partial charge >= 0.3 is 5.97 Å². The second-order valence-corrected chi connectivity index (χ2v) is 6.83. The number of ketones is 1. The van der Waals surface area contributed by atoms with E-state index in [9.17, 15) is 9.59 Å². The number of ether oxygens (including phenoxy) is 2. The number of benzene rings is 1. The molecule has 1 fully saturated rings. The van der Waals surface area contributed by atoms with Crippen molar-refractivity contribution in [3.8, 4) is 0 Å². The predicted octanol–water partition coefficient (Wildman–Crippen LogP) is 4.03. The predicted molar refractivity (Wildman–Crippen MR) is 105 cm³/mol. The maximum atomic E-state index is 13.2. The average Bonchev–Trinajstić information content (AvgIpc) is 2.71. The van der Waals surface area contributed by atoms with Crippen molar-refractivity contribution in [2.75, 3.05) is 20.3 Å². The monoisotopic (exact) mass is 371 g/mol. The van der Waals surface area contributed by atoms with Crippen LogP contribution in [0.5, 0.6) is 0 Å². The summed E-state index contributed by atoms with van der Waals surface area (Å²) in [6.07, 6.45) is 4.54. The van der Waals surface area contributed by atoms with Crippen LogP contribution >= 0.6 is 0 Å². The lowest BCUT2D eigenvalue weighted by Crippen LogP contribution is -2.41. The van der Waals surface area contributed by atoms with E-state index in [1.165, 1.54) is 7.11 Å². The van der Waals surface area contributed by atoms with Gasteiger partial charge in [0, 0.05) is 19.6 Å².